The van der Waals surface area contributed by atoms with Crippen LogP contribution in [0.4, 0.5) is 5.69 Å². The van der Waals surface area contributed by atoms with Crippen molar-refractivity contribution in [3.63, 3.8) is 0 Å². The summed E-state index contributed by atoms with van der Waals surface area (Å²) in [6, 6.07) is 16.5. The summed E-state index contributed by atoms with van der Waals surface area (Å²) < 4.78 is 41.5. The quantitative estimate of drug-likeness (QED) is 0.365. The molecule has 4 aromatic rings. The Morgan fingerprint density at radius 2 is 1.81 bits per heavy atom. The summed E-state index contributed by atoms with van der Waals surface area (Å²) in [5, 5.41) is 0. The van der Waals surface area contributed by atoms with Gasteiger partial charge in [-0.2, -0.15) is 4.99 Å². The molecule has 36 heavy (non-hydrogen) atoms. The SMILES string of the molecule is COCCn1c(=NC(=O)c2cccc(NS(=O)(=O)c3ccc(OC)cc3)c2)sc2c(C)cc(C)cc21. The lowest BCUT2D eigenvalue weighted by Crippen LogP contribution is -2.19. The summed E-state index contributed by atoms with van der Waals surface area (Å²) in [5.41, 5.74) is 3.78. The maximum absolute atomic E-state index is 13.1. The van der Waals surface area contributed by atoms with Crippen LogP contribution in [-0.4, -0.2) is 39.7 Å². The number of amides is 1. The van der Waals surface area contributed by atoms with E-state index in [4.69, 9.17) is 9.47 Å². The summed E-state index contributed by atoms with van der Waals surface area (Å²) in [6.45, 7) is 5.09. The van der Waals surface area contributed by atoms with E-state index in [0.717, 1.165) is 21.3 Å². The Balaban J connectivity index is 1.67. The number of fused-ring (bicyclic) bond motifs is 1. The number of ether oxygens (including phenoxy) is 2. The molecule has 0 atom stereocenters. The highest BCUT2D eigenvalue weighted by atomic mass is 32.2. The minimum Gasteiger partial charge on any atom is -0.497 e. The van der Waals surface area contributed by atoms with Crippen molar-refractivity contribution in [1.29, 1.82) is 0 Å². The van der Waals surface area contributed by atoms with Crippen LogP contribution in [0.1, 0.15) is 21.5 Å². The lowest BCUT2D eigenvalue weighted by atomic mass is 10.1. The minimum atomic E-state index is -3.85. The molecule has 0 spiro atoms. The molecule has 188 valence electrons. The average molecular weight is 526 g/mol. The molecule has 0 radical (unpaired) electrons. The summed E-state index contributed by atoms with van der Waals surface area (Å²) in [6.07, 6.45) is 0. The van der Waals surface area contributed by atoms with E-state index in [0.29, 0.717) is 23.7 Å². The molecule has 8 nitrogen and oxygen atoms in total. The third kappa shape index (κ3) is 5.51. The largest absolute Gasteiger partial charge is 0.497 e. The van der Waals surface area contributed by atoms with E-state index in [1.807, 2.05) is 18.4 Å². The number of rotatable bonds is 8. The molecule has 0 saturated heterocycles. The van der Waals surface area contributed by atoms with Crippen LogP contribution < -0.4 is 14.3 Å². The van der Waals surface area contributed by atoms with Crippen molar-refractivity contribution >= 4 is 43.2 Å². The molecular weight excluding hydrogens is 498 g/mol. The van der Waals surface area contributed by atoms with E-state index in [9.17, 15) is 13.2 Å². The van der Waals surface area contributed by atoms with Crippen molar-refractivity contribution in [1.82, 2.24) is 4.57 Å². The molecule has 0 aliphatic heterocycles. The number of benzene rings is 3. The Bertz CT molecular complexity index is 1590. The Morgan fingerprint density at radius 3 is 2.50 bits per heavy atom. The molecule has 1 N–H and O–H groups in total. The maximum Gasteiger partial charge on any atom is 0.279 e. The van der Waals surface area contributed by atoms with Gasteiger partial charge in [0.25, 0.3) is 15.9 Å². The molecule has 0 saturated carbocycles. The lowest BCUT2D eigenvalue weighted by Gasteiger charge is -2.09. The fraction of sp³-hybridized carbons (Fsp3) is 0.231. The zero-order chi connectivity index (χ0) is 25.9. The van der Waals surface area contributed by atoms with Crippen LogP contribution in [0.2, 0.25) is 0 Å². The highest BCUT2D eigenvalue weighted by Crippen LogP contribution is 2.24. The van der Waals surface area contributed by atoms with Gasteiger partial charge >= 0.3 is 0 Å². The zero-order valence-corrected chi connectivity index (χ0v) is 22.1. The highest BCUT2D eigenvalue weighted by Gasteiger charge is 2.16. The van der Waals surface area contributed by atoms with Gasteiger partial charge in [-0.1, -0.05) is 23.5 Å². The molecule has 1 aromatic heterocycles. The van der Waals surface area contributed by atoms with E-state index in [1.165, 1.54) is 36.6 Å². The number of hydrogen-bond donors (Lipinski definition) is 1. The summed E-state index contributed by atoms with van der Waals surface area (Å²) in [7, 11) is -0.706. The lowest BCUT2D eigenvalue weighted by molar-refractivity contribution is 0.0997. The van der Waals surface area contributed by atoms with E-state index in [-0.39, 0.29) is 16.1 Å². The van der Waals surface area contributed by atoms with Crippen molar-refractivity contribution < 1.29 is 22.7 Å². The standard InChI is InChI=1S/C26H27N3O5S2/c1-17-14-18(2)24-23(15-17)29(12-13-33-3)26(35-24)27-25(30)19-6-5-7-20(16-19)28-36(31,32)22-10-8-21(34-4)9-11-22/h5-11,14-16,28H,12-13H2,1-4H3. The van der Waals surface area contributed by atoms with E-state index >= 15 is 0 Å². The van der Waals surface area contributed by atoms with Crippen molar-refractivity contribution in [2.75, 3.05) is 25.5 Å². The van der Waals surface area contributed by atoms with Gasteiger partial charge in [-0.15, -0.1) is 0 Å². The predicted octanol–water partition coefficient (Wildman–Crippen LogP) is 4.52. The third-order valence-electron chi connectivity index (χ3n) is 5.56. The second-order valence-corrected chi connectivity index (χ2v) is 10.9. The van der Waals surface area contributed by atoms with Crippen LogP contribution >= 0.6 is 11.3 Å². The molecule has 10 heteroatoms. The van der Waals surface area contributed by atoms with Gasteiger partial charge in [-0.05, 0) is 73.5 Å². The predicted molar refractivity (Wildman–Crippen MR) is 141 cm³/mol. The Labute approximate surface area is 213 Å². The number of carbonyl (C=O) groups excluding carboxylic acids is 1. The van der Waals surface area contributed by atoms with Gasteiger partial charge in [-0.3, -0.25) is 9.52 Å². The normalized spacial score (nSPS) is 12.2. The minimum absolute atomic E-state index is 0.0832. The second-order valence-electron chi connectivity index (χ2n) is 8.24. The van der Waals surface area contributed by atoms with Gasteiger partial charge in [0.2, 0.25) is 0 Å². The van der Waals surface area contributed by atoms with Gasteiger partial charge in [0.05, 0.1) is 28.8 Å². The summed E-state index contributed by atoms with van der Waals surface area (Å²) in [5.74, 6) is 0.0880. The average Bonchev–Trinajstić information content (AvgIpc) is 3.19. The fourth-order valence-electron chi connectivity index (χ4n) is 3.83. The van der Waals surface area contributed by atoms with Gasteiger partial charge in [0, 0.05) is 24.9 Å². The maximum atomic E-state index is 13.1. The molecule has 1 amide bonds. The Hall–Kier alpha value is -3.47. The molecular formula is C26H27N3O5S2. The van der Waals surface area contributed by atoms with E-state index < -0.39 is 15.9 Å². The number of hydrogen-bond acceptors (Lipinski definition) is 6. The summed E-state index contributed by atoms with van der Waals surface area (Å²) >= 11 is 1.45. The molecule has 0 aliphatic rings. The van der Waals surface area contributed by atoms with Crippen LogP contribution in [0.3, 0.4) is 0 Å². The van der Waals surface area contributed by atoms with Crippen LogP contribution in [-0.2, 0) is 21.3 Å². The molecule has 1 heterocycles. The van der Waals surface area contributed by atoms with E-state index in [1.54, 1.807) is 37.4 Å². The van der Waals surface area contributed by atoms with Crippen molar-refractivity contribution in [3.8, 4) is 5.75 Å². The van der Waals surface area contributed by atoms with Crippen LogP contribution in [0.15, 0.2) is 70.6 Å². The van der Waals surface area contributed by atoms with Crippen molar-refractivity contribution in [3.05, 3.63) is 82.2 Å². The first-order chi connectivity index (χ1) is 17.2. The van der Waals surface area contributed by atoms with E-state index in [2.05, 4.69) is 21.8 Å². The molecule has 0 bridgehead atoms. The number of aromatic nitrogens is 1. The zero-order valence-electron chi connectivity index (χ0n) is 20.4. The van der Waals surface area contributed by atoms with Gasteiger partial charge in [0.15, 0.2) is 4.80 Å². The molecule has 0 fully saturated rings. The smallest absolute Gasteiger partial charge is 0.279 e. The monoisotopic (exact) mass is 525 g/mol. The van der Waals surface area contributed by atoms with Gasteiger partial charge < -0.3 is 14.0 Å². The number of anilines is 1. The van der Waals surface area contributed by atoms with Crippen LogP contribution in [0.5, 0.6) is 5.75 Å². The van der Waals surface area contributed by atoms with Crippen molar-refractivity contribution in [2.24, 2.45) is 4.99 Å². The molecule has 3 aromatic carbocycles. The number of thiazole rings is 1. The molecule has 0 aliphatic carbocycles. The number of sulfonamides is 1. The number of methoxy groups -OCH3 is 2. The second kappa shape index (κ2) is 10.7. The first-order valence-corrected chi connectivity index (χ1v) is 13.5. The topological polar surface area (TPSA) is 99.0 Å². The Kier molecular flexibility index (Phi) is 7.58. The molecule has 0 unspecified atom stereocenters. The Morgan fingerprint density at radius 1 is 1.06 bits per heavy atom. The van der Waals surface area contributed by atoms with Gasteiger partial charge in [0.1, 0.15) is 5.75 Å². The highest BCUT2D eigenvalue weighted by molar-refractivity contribution is 7.92. The fourth-order valence-corrected chi connectivity index (χ4v) is 5.99. The number of nitrogens with one attached hydrogen (secondary N) is 1. The summed E-state index contributed by atoms with van der Waals surface area (Å²) in [4.78, 5) is 18.2. The number of carbonyl (C=O) groups is 1. The van der Waals surface area contributed by atoms with Crippen LogP contribution in [0, 0.1) is 13.8 Å². The number of aryl methyl sites for hydroxylation is 2. The van der Waals surface area contributed by atoms with Crippen LogP contribution in [0.25, 0.3) is 10.2 Å². The van der Waals surface area contributed by atoms with Gasteiger partial charge in [-0.25, -0.2) is 8.42 Å². The first-order valence-electron chi connectivity index (χ1n) is 11.2. The van der Waals surface area contributed by atoms with Crippen molar-refractivity contribution in [2.45, 2.75) is 25.3 Å². The molecule has 4 rings (SSSR count). The number of nitrogens with zero attached hydrogens (tertiary/aromatic N) is 2. The third-order valence-corrected chi connectivity index (χ3v) is 8.19. The first kappa shape index (κ1) is 25.6.